The van der Waals surface area contributed by atoms with Crippen molar-refractivity contribution >= 4 is 17.2 Å². The van der Waals surface area contributed by atoms with Gasteiger partial charge in [0.05, 0.1) is 18.8 Å². The number of carbonyl (C=O) groups is 1. The number of rotatable bonds is 8. The molecule has 1 saturated heterocycles. The molecule has 3 heterocycles. The van der Waals surface area contributed by atoms with Gasteiger partial charge in [-0.25, -0.2) is 0 Å². The lowest BCUT2D eigenvalue weighted by molar-refractivity contribution is 0.0936. The minimum atomic E-state index is -0.0759. The summed E-state index contributed by atoms with van der Waals surface area (Å²) in [6.45, 7) is 6.76. The van der Waals surface area contributed by atoms with Crippen LogP contribution in [0.3, 0.4) is 0 Å². The van der Waals surface area contributed by atoms with Crippen LogP contribution in [0.2, 0.25) is 0 Å². The molecule has 0 bridgehead atoms. The number of anilines is 1. The molecule has 7 nitrogen and oxygen atoms in total. The second kappa shape index (κ2) is 9.02. The van der Waals surface area contributed by atoms with Crippen LogP contribution in [0.15, 0.2) is 30.5 Å². The van der Waals surface area contributed by atoms with Gasteiger partial charge in [-0.1, -0.05) is 0 Å². The summed E-state index contributed by atoms with van der Waals surface area (Å²) in [7, 11) is 3.37. The zero-order valence-corrected chi connectivity index (χ0v) is 15.6. The van der Waals surface area contributed by atoms with Gasteiger partial charge in [0, 0.05) is 65.2 Å². The van der Waals surface area contributed by atoms with Crippen LogP contribution in [-0.2, 0) is 9.47 Å². The van der Waals surface area contributed by atoms with Gasteiger partial charge in [-0.15, -0.1) is 0 Å². The first-order valence-corrected chi connectivity index (χ1v) is 9.07. The molecule has 1 amide bonds. The highest BCUT2D eigenvalue weighted by Gasteiger charge is 2.19. The van der Waals surface area contributed by atoms with E-state index in [2.05, 4.69) is 31.7 Å². The molecule has 0 aliphatic carbocycles. The van der Waals surface area contributed by atoms with Gasteiger partial charge in [0.2, 0.25) is 0 Å². The molecule has 142 valence electrons. The van der Waals surface area contributed by atoms with Crippen molar-refractivity contribution in [2.75, 3.05) is 71.6 Å². The molecule has 0 saturated carbocycles. The van der Waals surface area contributed by atoms with Gasteiger partial charge in [0.25, 0.3) is 5.91 Å². The zero-order chi connectivity index (χ0) is 18.4. The lowest BCUT2D eigenvalue weighted by Crippen LogP contribution is -2.47. The molecule has 0 radical (unpaired) electrons. The topological polar surface area (TPSA) is 58.5 Å². The Balaban J connectivity index is 1.69. The van der Waals surface area contributed by atoms with Crippen LogP contribution < -0.4 is 10.2 Å². The predicted molar refractivity (Wildman–Crippen MR) is 102 cm³/mol. The van der Waals surface area contributed by atoms with Gasteiger partial charge in [-0.3, -0.25) is 9.69 Å². The largest absolute Gasteiger partial charge is 0.383 e. The number of methoxy groups -OCH3 is 2. The first-order valence-electron chi connectivity index (χ1n) is 9.07. The molecule has 1 fully saturated rings. The molecule has 2 aromatic heterocycles. The van der Waals surface area contributed by atoms with Crippen molar-refractivity contribution in [2.45, 2.75) is 0 Å². The summed E-state index contributed by atoms with van der Waals surface area (Å²) >= 11 is 0. The molecule has 26 heavy (non-hydrogen) atoms. The molecule has 0 atom stereocenters. The number of amides is 1. The third-order valence-electron chi connectivity index (χ3n) is 4.79. The van der Waals surface area contributed by atoms with Crippen LogP contribution in [0.1, 0.15) is 10.4 Å². The van der Waals surface area contributed by atoms with Crippen molar-refractivity contribution in [1.82, 2.24) is 14.6 Å². The summed E-state index contributed by atoms with van der Waals surface area (Å²) in [6.07, 6.45) is 1.92. The molecule has 1 aliphatic heterocycles. The Kier molecular flexibility index (Phi) is 6.49. The van der Waals surface area contributed by atoms with Crippen molar-refractivity contribution in [3.8, 4) is 0 Å². The van der Waals surface area contributed by atoms with E-state index in [1.54, 1.807) is 14.2 Å². The standard InChI is InChI=1S/C19H28N4O3/c1-25-13-7-20-19(24)16-3-4-17-5-6-18(23(17)15-16)22-10-8-21(9-11-22)12-14-26-2/h3-6,15H,7-14H2,1-2H3,(H,20,24). The minimum Gasteiger partial charge on any atom is -0.383 e. The Morgan fingerprint density at radius 1 is 1.04 bits per heavy atom. The molecule has 0 spiro atoms. The van der Waals surface area contributed by atoms with Gasteiger partial charge in [-0.2, -0.15) is 0 Å². The Morgan fingerprint density at radius 3 is 2.50 bits per heavy atom. The maximum absolute atomic E-state index is 12.3. The highest BCUT2D eigenvalue weighted by molar-refractivity contribution is 5.94. The molecule has 1 N–H and O–H groups in total. The lowest BCUT2D eigenvalue weighted by atomic mass is 10.2. The van der Waals surface area contributed by atoms with E-state index in [-0.39, 0.29) is 5.91 Å². The number of piperazine rings is 1. The maximum Gasteiger partial charge on any atom is 0.252 e. The van der Waals surface area contributed by atoms with Crippen LogP contribution in [0.5, 0.6) is 0 Å². The Morgan fingerprint density at radius 2 is 1.77 bits per heavy atom. The zero-order valence-electron chi connectivity index (χ0n) is 15.6. The number of nitrogens with zero attached hydrogens (tertiary/aromatic N) is 3. The van der Waals surface area contributed by atoms with E-state index >= 15 is 0 Å². The van der Waals surface area contributed by atoms with E-state index in [0.717, 1.165) is 50.7 Å². The number of hydrogen-bond acceptors (Lipinski definition) is 5. The average Bonchev–Trinajstić information content (AvgIpc) is 3.10. The van der Waals surface area contributed by atoms with Crippen molar-refractivity contribution in [2.24, 2.45) is 0 Å². The van der Waals surface area contributed by atoms with Gasteiger partial charge in [0.15, 0.2) is 0 Å². The first kappa shape index (κ1) is 18.7. The predicted octanol–water partition coefficient (Wildman–Crippen LogP) is 1.08. The lowest BCUT2D eigenvalue weighted by Gasteiger charge is -2.35. The fourth-order valence-corrected chi connectivity index (χ4v) is 3.27. The van der Waals surface area contributed by atoms with Crippen molar-refractivity contribution in [3.63, 3.8) is 0 Å². The summed E-state index contributed by atoms with van der Waals surface area (Å²) in [4.78, 5) is 17.1. The number of hydrogen-bond donors (Lipinski definition) is 1. The number of aromatic nitrogens is 1. The van der Waals surface area contributed by atoms with Crippen LogP contribution in [0.25, 0.3) is 5.52 Å². The molecule has 0 unspecified atom stereocenters. The van der Waals surface area contributed by atoms with Crippen LogP contribution >= 0.6 is 0 Å². The highest BCUT2D eigenvalue weighted by atomic mass is 16.5. The molecule has 7 heteroatoms. The fraction of sp³-hybridized carbons (Fsp3) is 0.526. The van der Waals surface area contributed by atoms with E-state index < -0.39 is 0 Å². The van der Waals surface area contributed by atoms with Gasteiger partial charge in [0.1, 0.15) is 5.82 Å². The molecular weight excluding hydrogens is 332 g/mol. The van der Waals surface area contributed by atoms with E-state index in [0.29, 0.717) is 18.7 Å². The number of fused-ring (bicyclic) bond motifs is 1. The number of ether oxygens (including phenoxy) is 2. The summed E-state index contributed by atoms with van der Waals surface area (Å²) in [5.74, 6) is 1.06. The van der Waals surface area contributed by atoms with E-state index in [1.807, 2.05) is 18.3 Å². The monoisotopic (exact) mass is 360 g/mol. The van der Waals surface area contributed by atoms with Crippen molar-refractivity contribution in [3.05, 3.63) is 36.0 Å². The Labute approximate surface area is 154 Å². The summed E-state index contributed by atoms with van der Waals surface area (Å²) in [5.41, 5.74) is 1.75. The number of nitrogens with one attached hydrogen (secondary N) is 1. The summed E-state index contributed by atoms with van der Waals surface area (Å²) in [6, 6.07) is 8.08. The van der Waals surface area contributed by atoms with E-state index in [9.17, 15) is 4.79 Å². The molecule has 3 rings (SSSR count). The van der Waals surface area contributed by atoms with Gasteiger partial charge >= 0.3 is 0 Å². The second-order valence-corrected chi connectivity index (χ2v) is 6.47. The second-order valence-electron chi connectivity index (χ2n) is 6.47. The molecular formula is C19H28N4O3. The van der Waals surface area contributed by atoms with Gasteiger partial charge in [-0.05, 0) is 24.3 Å². The SMILES string of the molecule is COCCNC(=O)c1ccc2ccc(N3CCN(CCOC)CC3)n2c1. The summed E-state index contributed by atoms with van der Waals surface area (Å²) < 4.78 is 12.3. The van der Waals surface area contributed by atoms with Gasteiger partial charge < -0.3 is 24.1 Å². The van der Waals surface area contributed by atoms with Crippen molar-refractivity contribution < 1.29 is 14.3 Å². The third-order valence-corrected chi connectivity index (χ3v) is 4.79. The first-order chi connectivity index (χ1) is 12.7. The Hall–Kier alpha value is -2.09. The normalized spacial score (nSPS) is 15.5. The van der Waals surface area contributed by atoms with Crippen LogP contribution in [0, 0.1) is 0 Å². The molecule has 2 aromatic rings. The van der Waals surface area contributed by atoms with Crippen LogP contribution in [0.4, 0.5) is 5.82 Å². The number of carbonyl (C=O) groups excluding carboxylic acids is 1. The smallest absolute Gasteiger partial charge is 0.252 e. The fourth-order valence-electron chi connectivity index (χ4n) is 3.27. The van der Waals surface area contributed by atoms with E-state index in [1.165, 1.54) is 0 Å². The summed E-state index contributed by atoms with van der Waals surface area (Å²) in [5, 5.41) is 2.87. The van der Waals surface area contributed by atoms with Crippen LogP contribution in [-0.4, -0.2) is 81.9 Å². The van der Waals surface area contributed by atoms with Crippen molar-refractivity contribution in [1.29, 1.82) is 0 Å². The molecule has 0 aromatic carbocycles. The quantitative estimate of drug-likeness (QED) is 0.714. The maximum atomic E-state index is 12.3. The average molecular weight is 360 g/mol. The highest BCUT2D eigenvalue weighted by Crippen LogP contribution is 2.21. The Bertz CT molecular complexity index is 723. The third kappa shape index (κ3) is 4.35. The minimum absolute atomic E-state index is 0.0759. The van der Waals surface area contributed by atoms with E-state index in [4.69, 9.17) is 9.47 Å². The number of pyridine rings is 1. The molecule has 1 aliphatic rings.